The van der Waals surface area contributed by atoms with Gasteiger partial charge in [0.1, 0.15) is 12.1 Å². The Morgan fingerprint density at radius 3 is 2.95 bits per heavy atom. The zero-order valence-electron chi connectivity index (χ0n) is 11.7. The third-order valence-electron chi connectivity index (χ3n) is 3.88. The van der Waals surface area contributed by atoms with E-state index in [2.05, 4.69) is 50.4 Å². The molecule has 0 aliphatic carbocycles. The fraction of sp³-hybridized carbons (Fsp3) is 0.400. The average Bonchev–Trinajstić information content (AvgIpc) is 2.45. The number of nitrogens with zero attached hydrogens (tertiary/aromatic N) is 3. The van der Waals surface area contributed by atoms with Crippen LogP contribution in [0.5, 0.6) is 0 Å². The van der Waals surface area contributed by atoms with Gasteiger partial charge in [-0.1, -0.05) is 6.92 Å². The van der Waals surface area contributed by atoms with Crippen molar-refractivity contribution in [2.75, 3.05) is 18.0 Å². The molecule has 2 heterocycles. The van der Waals surface area contributed by atoms with Gasteiger partial charge in [0.05, 0.1) is 11.4 Å². The number of hydrogen-bond donors (Lipinski definition) is 1. The molecule has 0 spiro atoms. The number of fused-ring (bicyclic) bond motifs is 1. The van der Waals surface area contributed by atoms with Crippen molar-refractivity contribution in [1.29, 1.82) is 0 Å². The Morgan fingerprint density at radius 1 is 1.38 bits per heavy atom. The van der Waals surface area contributed by atoms with Gasteiger partial charge in [-0.3, -0.25) is 4.79 Å². The molecule has 1 fully saturated rings. The van der Waals surface area contributed by atoms with E-state index in [0.717, 1.165) is 33.3 Å². The lowest BCUT2D eigenvalue weighted by Gasteiger charge is -2.35. The molecular formula is C15H16IN3O2. The smallest absolute Gasteiger partial charge is 0.308 e. The van der Waals surface area contributed by atoms with Crippen molar-refractivity contribution in [2.45, 2.75) is 13.3 Å². The zero-order chi connectivity index (χ0) is 15.0. The van der Waals surface area contributed by atoms with Gasteiger partial charge in [-0.05, 0) is 53.1 Å². The number of carboxylic acid groups (broad SMARTS) is 1. The fourth-order valence-electron chi connectivity index (χ4n) is 2.97. The first-order valence-electron chi connectivity index (χ1n) is 6.92. The first-order chi connectivity index (χ1) is 10.0. The predicted octanol–water partition coefficient (Wildman–Crippen LogP) is 2.78. The summed E-state index contributed by atoms with van der Waals surface area (Å²) in [4.78, 5) is 22.1. The number of carbonyl (C=O) groups is 1. The molecule has 1 aliphatic rings. The van der Waals surface area contributed by atoms with Crippen molar-refractivity contribution >= 4 is 45.3 Å². The summed E-state index contributed by atoms with van der Waals surface area (Å²) in [6.45, 7) is 3.44. The summed E-state index contributed by atoms with van der Waals surface area (Å²) < 4.78 is 1.12. The number of aromatic nitrogens is 2. The fourth-order valence-corrected chi connectivity index (χ4v) is 3.46. The van der Waals surface area contributed by atoms with Crippen LogP contribution in [0, 0.1) is 15.4 Å². The Labute approximate surface area is 136 Å². The first-order valence-corrected chi connectivity index (χ1v) is 8.00. The van der Waals surface area contributed by atoms with Gasteiger partial charge in [0.25, 0.3) is 0 Å². The van der Waals surface area contributed by atoms with E-state index in [-0.39, 0.29) is 5.92 Å². The number of rotatable bonds is 2. The van der Waals surface area contributed by atoms with Crippen molar-refractivity contribution in [3.05, 3.63) is 28.1 Å². The lowest BCUT2D eigenvalue weighted by molar-refractivity contribution is -0.142. The molecule has 5 nitrogen and oxygen atoms in total. The topological polar surface area (TPSA) is 66.3 Å². The molecule has 1 aromatic carbocycles. The van der Waals surface area contributed by atoms with E-state index in [4.69, 9.17) is 0 Å². The maximum Gasteiger partial charge on any atom is 0.308 e. The van der Waals surface area contributed by atoms with Crippen LogP contribution in [0.3, 0.4) is 0 Å². The molecule has 1 N–H and O–H groups in total. The molecule has 0 saturated carbocycles. The second-order valence-corrected chi connectivity index (χ2v) is 6.89. The average molecular weight is 397 g/mol. The Morgan fingerprint density at radius 2 is 2.19 bits per heavy atom. The third kappa shape index (κ3) is 2.95. The highest BCUT2D eigenvalue weighted by atomic mass is 127. The zero-order valence-corrected chi connectivity index (χ0v) is 13.8. The van der Waals surface area contributed by atoms with Gasteiger partial charge >= 0.3 is 5.97 Å². The molecule has 6 heteroatoms. The van der Waals surface area contributed by atoms with Gasteiger partial charge in [-0.25, -0.2) is 9.97 Å². The normalized spacial score (nSPS) is 22.5. The number of anilines is 1. The highest BCUT2D eigenvalue weighted by Gasteiger charge is 2.30. The Kier molecular flexibility index (Phi) is 3.97. The third-order valence-corrected chi connectivity index (χ3v) is 4.56. The number of piperidine rings is 1. The van der Waals surface area contributed by atoms with Crippen molar-refractivity contribution in [3.8, 4) is 0 Å². The Bertz CT molecular complexity index is 692. The molecule has 1 aliphatic heterocycles. The van der Waals surface area contributed by atoms with Crippen molar-refractivity contribution in [2.24, 2.45) is 11.8 Å². The minimum atomic E-state index is -0.723. The highest BCUT2D eigenvalue weighted by Crippen LogP contribution is 2.30. The summed E-state index contributed by atoms with van der Waals surface area (Å²) in [5.74, 6) is 0.130. The van der Waals surface area contributed by atoms with E-state index in [0.29, 0.717) is 12.5 Å². The van der Waals surface area contributed by atoms with Gasteiger partial charge in [0.2, 0.25) is 0 Å². The van der Waals surface area contributed by atoms with Crippen molar-refractivity contribution in [1.82, 2.24) is 9.97 Å². The van der Waals surface area contributed by atoms with Crippen LogP contribution < -0.4 is 4.90 Å². The van der Waals surface area contributed by atoms with Crippen LogP contribution in [0.2, 0.25) is 0 Å². The molecule has 2 aromatic rings. The predicted molar refractivity (Wildman–Crippen MR) is 89.4 cm³/mol. The number of halogens is 1. The second-order valence-electron chi connectivity index (χ2n) is 5.64. The van der Waals surface area contributed by atoms with Gasteiger partial charge in [0.15, 0.2) is 0 Å². The summed E-state index contributed by atoms with van der Waals surface area (Å²) in [6, 6.07) is 6.04. The molecule has 110 valence electrons. The van der Waals surface area contributed by atoms with E-state index < -0.39 is 5.97 Å². The standard InChI is InChI=1S/C15H16IN3O2/c1-9-4-10(15(20)21)7-19(6-9)14-12-5-11(16)2-3-13(12)17-8-18-14/h2-3,5,8-10H,4,6-7H2,1H3,(H,20,21). The molecule has 3 rings (SSSR count). The number of hydrogen-bond acceptors (Lipinski definition) is 4. The molecule has 0 amide bonds. The van der Waals surface area contributed by atoms with Gasteiger partial charge in [-0.15, -0.1) is 0 Å². The van der Waals surface area contributed by atoms with E-state index in [1.54, 1.807) is 6.33 Å². The van der Waals surface area contributed by atoms with Gasteiger partial charge in [0, 0.05) is 22.0 Å². The van der Waals surface area contributed by atoms with Crippen LogP contribution in [0.15, 0.2) is 24.5 Å². The van der Waals surface area contributed by atoms with E-state index in [1.165, 1.54) is 0 Å². The minimum Gasteiger partial charge on any atom is -0.481 e. The number of benzene rings is 1. The summed E-state index contributed by atoms with van der Waals surface area (Å²) >= 11 is 2.27. The second kappa shape index (κ2) is 5.75. The van der Waals surface area contributed by atoms with Crippen LogP contribution in [0.1, 0.15) is 13.3 Å². The lowest BCUT2D eigenvalue weighted by atomic mass is 9.90. The summed E-state index contributed by atoms with van der Waals surface area (Å²) in [5, 5.41) is 10.3. The largest absolute Gasteiger partial charge is 0.481 e. The van der Waals surface area contributed by atoms with Crippen LogP contribution in [-0.2, 0) is 4.79 Å². The first kappa shape index (κ1) is 14.5. The SMILES string of the molecule is CC1CC(C(=O)O)CN(c2ncnc3ccc(I)cc23)C1. The molecule has 21 heavy (non-hydrogen) atoms. The maximum absolute atomic E-state index is 11.3. The molecule has 0 bridgehead atoms. The van der Waals surface area contributed by atoms with Crippen LogP contribution in [0.4, 0.5) is 5.82 Å². The quantitative estimate of drug-likeness (QED) is 0.790. The summed E-state index contributed by atoms with van der Waals surface area (Å²) in [5.41, 5.74) is 0.894. The molecule has 2 unspecified atom stereocenters. The molecule has 2 atom stereocenters. The van der Waals surface area contributed by atoms with Crippen LogP contribution in [0.25, 0.3) is 10.9 Å². The lowest BCUT2D eigenvalue weighted by Crippen LogP contribution is -2.43. The molecule has 0 radical (unpaired) electrons. The van der Waals surface area contributed by atoms with Gasteiger partial charge < -0.3 is 10.0 Å². The van der Waals surface area contributed by atoms with E-state index in [9.17, 15) is 9.90 Å². The molecular weight excluding hydrogens is 381 g/mol. The Balaban J connectivity index is 2.03. The Hall–Kier alpha value is -1.44. The van der Waals surface area contributed by atoms with E-state index >= 15 is 0 Å². The maximum atomic E-state index is 11.3. The molecule has 1 aromatic heterocycles. The van der Waals surface area contributed by atoms with Gasteiger partial charge in [-0.2, -0.15) is 0 Å². The highest BCUT2D eigenvalue weighted by molar-refractivity contribution is 14.1. The summed E-state index contributed by atoms with van der Waals surface area (Å²) in [7, 11) is 0. The van der Waals surface area contributed by atoms with Crippen molar-refractivity contribution in [3.63, 3.8) is 0 Å². The monoisotopic (exact) mass is 397 g/mol. The number of carboxylic acids is 1. The van der Waals surface area contributed by atoms with Crippen molar-refractivity contribution < 1.29 is 9.90 Å². The van der Waals surface area contributed by atoms with Crippen LogP contribution in [-0.4, -0.2) is 34.1 Å². The number of aliphatic carboxylic acids is 1. The molecule has 1 saturated heterocycles. The van der Waals surface area contributed by atoms with E-state index in [1.807, 2.05) is 12.1 Å². The van der Waals surface area contributed by atoms with Crippen LogP contribution >= 0.6 is 22.6 Å². The summed E-state index contributed by atoms with van der Waals surface area (Å²) in [6.07, 6.45) is 2.28. The minimum absolute atomic E-state index is 0.332.